The quantitative estimate of drug-likeness (QED) is 0.0222. The maximum Gasteiger partial charge on any atom is 0.472 e. The molecule has 19 heteroatoms. The molecule has 0 fully saturated rings. The number of ether oxygens (including phenoxy) is 4. The molecule has 0 aromatic heterocycles. The van der Waals surface area contributed by atoms with Crippen LogP contribution in [-0.4, -0.2) is 96.7 Å². The highest BCUT2D eigenvalue weighted by Gasteiger charge is 2.30. The fraction of sp³-hybridized carbons (Fsp3) is 0.952. The van der Waals surface area contributed by atoms with E-state index in [1.807, 2.05) is 0 Å². The minimum absolute atomic E-state index is 0.109. The number of carbonyl (C=O) groups excluding carboxylic acids is 4. The summed E-state index contributed by atoms with van der Waals surface area (Å²) in [7, 11) is -9.92. The number of aliphatic hydroxyl groups excluding tert-OH is 1. The smallest absolute Gasteiger partial charge is 0.462 e. The number of hydrogen-bond donors (Lipinski definition) is 3. The van der Waals surface area contributed by atoms with E-state index >= 15 is 0 Å². The molecule has 0 aromatic rings. The Morgan fingerprint density at radius 1 is 0.235 bits per heavy atom. The standard InChI is InChI=1S/C83H162O17P2/c1-5-9-13-17-21-25-29-32-35-37-39-41-44-47-50-54-58-62-66-70-83(88)100-79(74-94-81(86)68-64-60-56-52-48-45-43-40-38-36-33-30-26-22-18-14-10-6-2)76-98-102(91,92)96-72-77(84)71-95-101(89,90)97-75-78(73-93-80(85)67-63-59-55-51-28-24-20-16-12-8-4)99-82(87)69-65-61-57-53-49-46-42-34-31-27-23-19-15-11-7-3/h77-79,84H,5-76H2,1-4H3,(H,89,90)(H,91,92)/t77-,78+,79+/m0/s1. The van der Waals surface area contributed by atoms with E-state index in [-0.39, 0.29) is 25.7 Å². The molecule has 0 aliphatic heterocycles. The predicted molar refractivity (Wildman–Crippen MR) is 419 cm³/mol. The van der Waals surface area contributed by atoms with E-state index in [9.17, 15) is 43.2 Å². The van der Waals surface area contributed by atoms with Crippen molar-refractivity contribution in [3.05, 3.63) is 0 Å². The third-order valence-electron chi connectivity index (χ3n) is 19.6. The van der Waals surface area contributed by atoms with E-state index in [0.29, 0.717) is 25.7 Å². The molecular formula is C83H162O17P2. The molecule has 0 amide bonds. The summed E-state index contributed by atoms with van der Waals surface area (Å²) in [6.45, 7) is 5.04. The van der Waals surface area contributed by atoms with E-state index in [1.165, 1.54) is 283 Å². The highest BCUT2D eigenvalue weighted by Crippen LogP contribution is 2.45. The number of hydrogen-bond acceptors (Lipinski definition) is 15. The third-order valence-corrected chi connectivity index (χ3v) is 21.5. The topological polar surface area (TPSA) is 237 Å². The molecule has 606 valence electrons. The average Bonchev–Trinajstić information content (AvgIpc) is 0.919. The van der Waals surface area contributed by atoms with Crippen LogP contribution < -0.4 is 0 Å². The molecule has 102 heavy (non-hydrogen) atoms. The van der Waals surface area contributed by atoms with Gasteiger partial charge in [0.2, 0.25) is 0 Å². The Kier molecular flexibility index (Phi) is 75.8. The second-order valence-electron chi connectivity index (χ2n) is 29.9. The van der Waals surface area contributed by atoms with Crippen LogP contribution in [0.3, 0.4) is 0 Å². The molecular weight excluding hydrogens is 1330 g/mol. The summed E-state index contributed by atoms with van der Waals surface area (Å²) in [5, 5.41) is 10.7. The van der Waals surface area contributed by atoms with Crippen molar-refractivity contribution in [1.29, 1.82) is 0 Å². The van der Waals surface area contributed by atoms with Gasteiger partial charge in [0.15, 0.2) is 12.2 Å². The Balaban J connectivity index is 5.23. The van der Waals surface area contributed by atoms with Crippen LogP contribution in [0.1, 0.15) is 451 Å². The van der Waals surface area contributed by atoms with Crippen LogP contribution in [0.15, 0.2) is 0 Å². The van der Waals surface area contributed by atoms with Gasteiger partial charge in [-0.25, -0.2) is 9.13 Å². The zero-order valence-electron chi connectivity index (χ0n) is 66.6. The molecule has 0 saturated heterocycles. The Labute approximate surface area is 626 Å². The van der Waals surface area contributed by atoms with Gasteiger partial charge in [0.05, 0.1) is 26.4 Å². The van der Waals surface area contributed by atoms with E-state index in [1.54, 1.807) is 0 Å². The molecule has 0 radical (unpaired) electrons. The first kappa shape index (κ1) is 100. The summed E-state index contributed by atoms with van der Waals surface area (Å²) in [4.78, 5) is 73.1. The average molecular weight is 1490 g/mol. The van der Waals surface area contributed by atoms with Gasteiger partial charge in [-0.1, -0.05) is 400 Å². The number of carbonyl (C=O) groups is 4. The number of rotatable bonds is 84. The second-order valence-corrected chi connectivity index (χ2v) is 32.8. The summed E-state index contributed by atoms with van der Waals surface area (Å²) < 4.78 is 68.8. The van der Waals surface area contributed by atoms with Gasteiger partial charge in [0, 0.05) is 25.7 Å². The monoisotopic (exact) mass is 1490 g/mol. The molecule has 0 saturated carbocycles. The van der Waals surface area contributed by atoms with Gasteiger partial charge in [-0.3, -0.25) is 37.3 Å². The van der Waals surface area contributed by atoms with Crippen LogP contribution >= 0.6 is 15.6 Å². The Morgan fingerprint density at radius 2 is 0.392 bits per heavy atom. The lowest BCUT2D eigenvalue weighted by Crippen LogP contribution is -2.30. The second kappa shape index (κ2) is 77.2. The van der Waals surface area contributed by atoms with Crippen LogP contribution in [0.4, 0.5) is 0 Å². The first-order chi connectivity index (χ1) is 49.7. The lowest BCUT2D eigenvalue weighted by Gasteiger charge is -2.21. The van der Waals surface area contributed by atoms with Crippen LogP contribution in [0.5, 0.6) is 0 Å². The molecule has 17 nitrogen and oxygen atoms in total. The zero-order valence-corrected chi connectivity index (χ0v) is 68.4. The minimum Gasteiger partial charge on any atom is -0.462 e. The highest BCUT2D eigenvalue weighted by atomic mass is 31.2. The molecule has 0 aliphatic rings. The fourth-order valence-corrected chi connectivity index (χ4v) is 14.6. The van der Waals surface area contributed by atoms with E-state index in [0.717, 1.165) is 89.9 Å². The van der Waals surface area contributed by atoms with Gasteiger partial charge in [0.1, 0.15) is 19.3 Å². The summed E-state index contributed by atoms with van der Waals surface area (Å²) in [6.07, 6.45) is 70.7. The first-order valence-corrected chi connectivity index (χ1v) is 46.3. The molecule has 3 N–H and O–H groups in total. The molecule has 0 aromatic carbocycles. The van der Waals surface area contributed by atoms with Crippen LogP contribution in [-0.2, 0) is 65.4 Å². The van der Waals surface area contributed by atoms with Gasteiger partial charge >= 0.3 is 39.5 Å². The summed E-state index contributed by atoms with van der Waals surface area (Å²) >= 11 is 0. The molecule has 0 spiro atoms. The summed E-state index contributed by atoms with van der Waals surface area (Å²) in [5.41, 5.74) is 0. The maximum atomic E-state index is 13.1. The SMILES string of the molecule is CCCCCCCCCCCCCCCCCCCCCC(=O)O[C@H](COC(=O)CCCCCCCCCCCCCCCCCCCC)COP(=O)(O)OC[C@@H](O)COP(=O)(O)OC[C@@H](COC(=O)CCCCCCCCCCCC)OC(=O)CCCCCCCCCCCCCCCCC. The molecule has 5 atom stereocenters. The van der Waals surface area contributed by atoms with Gasteiger partial charge < -0.3 is 33.8 Å². The molecule has 2 unspecified atom stereocenters. The minimum atomic E-state index is -4.96. The zero-order chi connectivity index (χ0) is 74.6. The predicted octanol–water partition coefficient (Wildman–Crippen LogP) is 25.4. The first-order valence-electron chi connectivity index (χ1n) is 43.3. The lowest BCUT2D eigenvalue weighted by molar-refractivity contribution is -0.161. The molecule has 0 rings (SSSR count). The molecule has 0 aliphatic carbocycles. The number of phosphoric acid groups is 2. The van der Waals surface area contributed by atoms with Gasteiger partial charge in [-0.2, -0.15) is 0 Å². The normalized spacial score (nSPS) is 13.8. The fourth-order valence-electron chi connectivity index (χ4n) is 13.0. The van der Waals surface area contributed by atoms with Crippen molar-refractivity contribution in [3.63, 3.8) is 0 Å². The van der Waals surface area contributed by atoms with Crippen molar-refractivity contribution in [2.24, 2.45) is 0 Å². The van der Waals surface area contributed by atoms with Crippen molar-refractivity contribution in [1.82, 2.24) is 0 Å². The largest absolute Gasteiger partial charge is 0.472 e. The van der Waals surface area contributed by atoms with Crippen molar-refractivity contribution >= 4 is 39.5 Å². The Bertz CT molecular complexity index is 1930. The Hall–Kier alpha value is -1.94. The summed E-state index contributed by atoms with van der Waals surface area (Å²) in [5.74, 6) is -2.10. The maximum absolute atomic E-state index is 13.1. The number of esters is 4. The molecule has 0 bridgehead atoms. The van der Waals surface area contributed by atoms with Crippen molar-refractivity contribution in [2.75, 3.05) is 39.6 Å². The van der Waals surface area contributed by atoms with Gasteiger partial charge in [-0.05, 0) is 25.7 Å². The van der Waals surface area contributed by atoms with Crippen molar-refractivity contribution in [3.8, 4) is 0 Å². The van der Waals surface area contributed by atoms with E-state index < -0.39 is 97.5 Å². The summed E-state index contributed by atoms with van der Waals surface area (Å²) in [6, 6.07) is 0. The van der Waals surface area contributed by atoms with Crippen LogP contribution in [0.25, 0.3) is 0 Å². The van der Waals surface area contributed by atoms with Gasteiger partial charge in [-0.15, -0.1) is 0 Å². The number of aliphatic hydroxyl groups is 1. The third kappa shape index (κ3) is 76.3. The van der Waals surface area contributed by atoms with Crippen LogP contribution in [0, 0.1) is 0 Å². The number of unbranched alkanes of at least 4 members (excludes halogenated alkanes) is 58. The van der Waals surface area contributed by atoms with Gasteiger partial charge in [0.25, 0.3) is 0 Å². The number of phosphoric ester groups is 2. The van der Waals surface area contributed by atoms with E-state index in [4.69, 9.17) is 37.0 Å². The highest BCUT2D eigenvalue weighted by molar-refractivity contribution is 7.47. The Morgan fingerprint density at radius 3 is 0.578 bits per heavy atom. The van der Waals surface area contributed by atoms with Crippen molar-refractivity contribution in [2.45, 2.75) is 470 Å². The van der Waals surface area contributed by atoms with Crippen LogP contribution in [0.2, 0.25) is 0 Å². The van der Waals surface area contributed by atoms with E-state index in [2.05, 4.69) is 27.7 Å². The van der Waals surface area contributed by atoms with Crippen molar-refractivity contribution < 1.29 is 80.2 Å². The lowest BCUT2D eigenvalue weighted by atomic mass is 10.0. The molecule has 0 heterocycles.